The summed E-state index contributed by atoms with van der Waals surface area (Å²) in [5.41, 5.74) is 2.61. The number of amides is 1. The Morgan fingerprint density at radius 1 is 1.43 bits per heavy atom. The van der Waals surface area contributed by atoms with Crippen LogP contribution in [0.15, 0.2) is 35.2 Å². The third-order valence-corrected chi connectivity index (χ3v) is 4.20. The number of nitrogens with one attached hydrogen (secondary N) is 1. The second-order valence-electron chi connectivity index (χ2n) is 5.12. The maximum absolute atomic E-state index is 12.5. The van der Waals surface area contributed by atoms with Gasteiger partial charge in [0.1, 0.15) is 11.4 Å². The fourth-order valence-corrected chi connectivity index (χ4v) is 3.13. The Labute approximate surface area is 135 Å². The Bertz CT molecular complexity index is 667. The summed E-state index contributed by atoms with van der Waals surface area (Å²) in [5.74, 6) is -0.0656. The number of thiazole rings is 1. The molecule has 1 aliphatic rings. The average Bonchev–Trinajstić information content (AvgIpc) is 3.18. The van der Waals surface area contributed by atoms with E-state index in [1.54, 1.807) is 29.1 Å². The number of benzene rings is 1. The van der Waals surface area contributed by atoms with Crippen molar-refractivity contribution < 1.29 is 18.3 Å². The fraction of sp³-hybridized carbons (Fsp3) is 0.333. The van der Waals surface area contributed by atoms with Gasteiger partial charge in [0.15, 0.2) is 0 Å². The van der Waals surface area contributed by atoms with Crippen molar-refractivity contribution >= 4 is 22.9 Å². The monoisotopic (exact) mass is 339 g/mol. The Morgan fingerprint density at radius 2 is 2.26 bits per heavy atom. The van der Waals surface area contributed by atoms with Crippen molar-refractivity contribution in [1.29, 1.82) is 0 Å². The number of hydrogen-bond acceptors (Lipinski definition) is 5. The van der Waals surface area contributed by atoms with Gasteiger partial charge in [0.2, 0.25) is 0 Å². The molecule has 0 spiro atoms. The first-order valence-electron chi connectivity index (χ1n) is 7.11. The zero-order valence-corrected chi connectivity index (χ0v) is 12.9. The van der Waals surface area contributed by atoms with Crippen LogP contribution in [-0.4, -0.2) is 36.6 Å². The molecule has 1 aromatic heterocycles. The van der Waals surface area contributed by atoms with Crippen LogP contribution < -0.4 is 15.0 Å². The van der Waals surface area contributed by atoms with Crippen LogP contribution in [0.3, 0.4) is 0 Å². The molecular weight excluding hydrogens is 324 g/mol. The summed E-state index contributed by atoms with van der Waals surface area (Å²) in [4.78, 5) is 17.9. The summed E-state index contributed by atoms with van der Waals surface area (Å²) in [7, 11) is 0. The number of alkyl halides is 2. The lowest BCUT2D eigenvalue weighted by molar-refractivity contribution is -0.0495. The van der Waals surface area contributed by atoms with Gasteiger partial charge in [-0.25, -0.2) is 4.98 Å². The standard InChI is InChI=1S/C15H15F2N3O2S/c16-15(17)22-13-4-2-1-3-12(13)20-6-5-10(7-20)19-14(21)11-8-23-9-18-11/h1-4,8-10,15H,5-7H2,(H,19,21)/t10-/m1/s1. The Balaban J connectivity index is 1.65. The predicted octanol–water partition coefficient (Wildman–Crippen LogP) is 2.75. The van der Waals surface area contributed by atoms with Gasteiger partial charge in [-0.05, 0) is 18.6 Å². The summed E-state index contributed by atoms with van der Waals surface area (Å²) in [6, 6.07) is 6.63. The molecule has 0 saturated carbocycles. The number of hydrogen-bond donors (Lipinski definition) is 1. The molecule has 0 bridgehead atoms. The molecule has 1 atom stereocenters. The molecular formula is C15H15F2N3O2S. The van der Waals surface area contributed by atoms with Crippen molar-refractivity contribution in [3.8, 4) is 5.75 Å². The van der Waals surface area contributed by atoms with Crippen molar-refractivity contribution in [2.45, 2.75) is 19.1 Å². The molecule has 8 heteroatoms. The molecule has 5 nitrogen and oxygen atoms in total. The summed E-state index contributed by atoms with van der Waals surface area (Å²) >= 11 is 1.36. The SMILES string of the molecule is O=C(N[C@@H]1CCN(c2ccccc2OC(F)F)C1)c1cscn1. The van der Waals surface area contributed by atoms with E-state index in [4.69, 9.17) is 0 Å². The first-order valence-corrected chi connectivity index (χ1v) is 8.05. The van der Waals surface area contributed by atoms with Crippen LogP contribution in [-0.2, 0) is 0 Å². The predicted molar refractivity (Wildman–Crippen MR) is 83.3 cm³/mol. The highest BCUT2D eigenvalue weighted by Crippen LogP contribution is 2.31. The van der Waals surface area contributed by atoms with E-state index in [0.717, 1.165) is 6.42 Å². The Kier molecular flexibility index (Phi) is 4.71. The van der Waals surface area contributed by atoms with Crippen molar-refractivity contribution in [2.75, 3.05) is 18.0 Å². The summed E-state index contributed by atoms with van der Waals surface area (Å²) in [6.45, 7) is -1.66. The zero-order valence-electron chi connectivity index (χ0n) is 12.1. The molecule has 1 saturated heterocycles. The molecule has 1 aliphatic heterocycles. The van der Waals surface area contributed by atoms with Gasteiger partial charge < -0.3 is 15.0 Å². The first kappa shape index (κ1) is 15.7. The second kappa shape index (κ2) is 6.91. The van der Waals surface area contributed by atoms with Crippen molar-refractivity contribution in [1.82, 2.24) is 10.3 Å². The molecule has 122 valence electrons. The number of aromatic nitrogens is 1. The van der Waals surface area contributed by atoms with E-state index in [1.165, 1.54) is 17.4 Å². The maximum Gasteiger partial charge on any atom is 0.387 e. The smallest absolute Gasteiger partial charge is 0.387 e. The molecule has 0 unspecified atom stereocenters. The minimum atomic E-state index is -2.86. The van der Waals surface area contributed by atoms with Crippen LogP contribution in [0.2, 0.25) is 0 Å². The van der Waals surface area contributed by atoms with E-state index in [2.05, 4.69) is 15.0 Å². The van der Waals surface area contributed by atoms with Gasteiger partial charge in [0.25, 0.3) is 5.91 Å². The number of rotatable bonds is 5. The topological polar surface area (TPSA) is 54.5 Å². The molecule has 1 N–H and O–H groups in total. The number of nitrogens with zero attached hydrogens (tertiary/aromatic N) is 2. The minimum absolute atomic E-state index is 0.0520. The van der Waals surface area contributed by atoms with Crippen molar-refractivity contribution in [3.63, 3.8) is 0 Å². The second-order valence-corrected chi connectivity index (χ2v) is 5.84. The Morgan fingerprint density at radius 3 is 3.00 bits per heavy atom. The number of anilines is 1. The number of ether oxygens (including phenoxy) is 1. The largest absolute Gasteiger partial charge is 0.433 e. The molecule has 2 aromatic rings. The third-order valence-electron chi connectivity index (χ3n) is 3.61. The molecule has 0 aliphatic carbocycles. The molecule has 23 heavy (non-hydrogen) atoms. The van der Waals surface area contributed by atoms with Gasteiger partial charge in [-0.3, -0.25) is 4.79 Å². The highest BCUT2D eigenvalue weighted by molar-refractivity contribution is 7.07. The molecule has 1 aromatic carbocycles. The van der Waals surface area contributed by atoms with Gasteiger partial charge in [-0.15, -0.1) is 11.3 Å². The molecule has 0 radical (unpaired) electrons. The zero-order chi connectivity index (χ0) is 16.2. The number of halogens is 2. The number of carbonyl (C=O) groups excluding carboxylic acids is 1. The lowest BCUT2D eigenvalue weighted by atomic mass is 10.2. The molecule has 3 rings (SSSR count). The van der Waals surface area contributed by atoms with Gasteiger partial charge in [0, 0.05) is 24.5 Å². The summed E-state index contributed by atoms with van der Waals surface area (Å²) in [5, 5.41) is 4.60. The summed E-state index contributed by atoms with van der Waals surface area (Å²) in [6.07, 6.45) is 0.735. The van der Waals surface area contributed by atoms with E-state index in [1.807, 2.05) is 4.90 Å². The van der Waals surface area contributed by atoms with Gasteiger partial charge in [0.05, 0.1) is 11.2 Å². The van der Waals surface area contributed by atoms with E-state index >= 15 is 0 Å². The van der Waals surface area contributed by atoms with Gasteiger partial charge >= 0.3 is 6.61 Å². The van der Waals surface area contributed by atoms with Crippen LogP contribution in [0.5, 0.6) is 5.75 Å². The molecule has 1 amide bonds. The lowest BCUT2D eigenvalue weighted by Gasteiger charge is -2.21. The van der Waals surface area contributed by atoms with E-state index in [9.17, 15) is 13.6 Å². The van der Waals surface area contributed by atoms with Crippen LogP contribution >= 0.6 is 11.3 Å². The molecule has 2 heterocycles. The van der Waals surface area contributed by atoms with Crippen molar-refractivity contribution in [3.05, 3.63) is 40.8 Å². The number of para-hydroxylation sites is 2. The molecule has 1 fully saturated rings. The highest BCUT2D eigenvalue weighted by Gasteiger charge is 2.27. The van der Waals surface area contributed by atoms with E-state index in [0.29, 0.717) is 24.5 Å². The van der Waals surface area contributed by atoms with Gasteiger partial charge in [-0.2, -0.15) is 8.78 Å². The average molecular weight is 339 g/mol. The van der Waals surface area contributed by atoms with Crippen LogP contribution in [0, 0.1) is 0 Å². The first-order chi connectivity index (χ1) is 11.1. The maximum atomic E-state index is 12.5. The van der Waals surface area contributed by atoms with Gasteiger partial charge in [-0.1, -0.05) is 12.1 Å². The minimum Gasteiger partial charge on any atom is -0.433 e. The van der Waals surface area contributed by atoms with E-state index < -0.39 is 6.61 Å². The Hall–Kier alpha value is -2.22. The van der Waals surface area contributed by atoms with Crippen LogP contribution in [0.4, 0.5) is 14.5 Å². The van der Waals surface area contributed by atoms with E-state index in [-0.39, 0.29) is 17.7 Å². The normalized spacial score (nSPS) is 17.5. The third kappa shape index (κ3) is 3.76. The van der Waals surface area contributed by atoms with Crippen molar-refractivity contribution in [2.24, 2.45) is 0 Å². The quantitative estimate of drug-likeness (QED) is 0.910. The summed E-state index contributed by atoms with van der Waals surface area (Å²) < 4.78 is 29.5. The van der Waals surface area contributed by atoms with Crippen LogP contribution in [0.25, 0.3) is 0 Å². The number of carbonyl (C=O) groups is 1. The van der Waals surface area contributed by atoms with Crippen LogP contribution in [0.1, 0.15) is 16.9 Å². The lowest BCUT2D eigenvalue weighted by Crippen LogP contribution is -2.37. The highest BCUT2D eigenvalue weighted by atomic mass is 32.1. The fourth-order valence-electron chi connectivity index (χ4n) is 2.59.